The van der Waals surface area contributed by atoms with Crippen molar-refractivity contribution < 1.29 is 0 Å². The van der Waals surface area contributed by atoms with Gasteiger partial charge in [-0.25, -0.2) is 9.97 Å². The highest BCUT2D eigenvalue weighted by Crippen LogP contribution is 2.21. The van der Waals surface area contributed by atoms with Crippen molar-refractivity contribution in [2.45, 2.75) is 13.8 Å². The third-order valence-corrected chi connectivity index (χ3v) is 5.40. The maximum Gasteiger partial charge on any atom is 0.273 e. The number of aryl methyl sites for hydroxylation is 2. The quantitative estimate of drug-likeness (QED) is 0.521. The van der Waals surface area contributed by atoms with Gasteiger partial charge in [-0.3, -0.25) is 9.89 Å². The van der Waals surface area contributed by atoms with Crippen molar-refractivity contribution in [1.82, 2.24) is 44.5 Å². The first-order chi connectivity index (χ1) is 14.5. The first kappa shape index (κ1) is 18.4. The van der Waals surface area contributed by atoms with Crippen molar-refractivity contribution >= 4 is 11.6 Å². The second kappa shape index (κ2) is 7.02. The molecule has 0 saturated carbocycles. The summed E-state index contributed by atoms with van der Waals surface area (Å²) in [7, 11) is 2.12. The van der Waals surface area contributed by atoms with E-state index in [9.17, 15) is 4.79 Å². The smallest absolute Gasteiger partial charge is 0.273 e. The molecule has 11 nitrogen and oxygen atoms in total. The minimum atomic E-state index is -0.217. The summed E-state index contributed by atoms with van der Waals surface area (Å²) in [6.07, 6.45) is 1.77. The molecule has 0 radical (unpaired) electrons. The van der Waals surface area contributed by atoms with Crippen LogP contribution in [0.15, 0.2) is 29.2 Å². The van der Waals surface area contributed by atoms with E-state index in [2.05, 4.69) is 47.2 Å². The van der Waals surface area contributed by atoms with Crippen molar-refractivity contribution in [2.24, 2.45) is 0 Å². The van der Waals surface area contributed by atoms with Gasteiger partial charge in [-0.05, 0) is 33.0 Å². The Morgan fingerprint density at radius 1 is 1.07 bits per heavy atom. The van der Waals surface area contributed by atoms with Crippen molar-refractivity contribution in [1.29, 1.82) is 0 Å². The highest BCUT2D eigenvalue weighted by molar-refractivity contribution is 5.61. The van der Waals surface area contributed by atoms with E-state index in [1.54, 1.807) is 22.8 Å². The van der Waals surface area contributed by atoms with Crippen molar-refractivity contribution in [3.05, 3.63) is 46.3 Å². The molecule has 0 spiro atoms. The fourth-order valence-corrected chi connectivity index (χ4v) is 3.59. The summed E-state index contributed by atoms with van der Waals surface area (Å²) in [4.78, 5) is 26.3. The molecule has 1 aliphatic heterocycles. The summed E-state index contributed by atoms with van der Waals surface area (Å²) in [6.45, 7) is 7.52. The SMILES string of the molecule is Cc1nc(N2CCN(C)CC2)ncc1-c1cc(=O)n(-c2ccc3nnc(C)n3n2)[nH]1. The monoisotopic (exact) mass is 406 g/mol. The largest absolute Gasteiger partial charge is 0.338 e. The van der Waals surface area contributed by atoms with Gasteiger partial charge in [0, 0.05) is 44.0 Å². The first-order valence-corrected chi connectivity index (χ1v) is 9.78. The number of nitrogens with zero attached hydrogens (tertiary/aromatic N) is 9. The van der Waals surface area contributed by atoms with Gasteiger partial charge >= 0.3 is 0 Å². The average molecular weight is 406 g/mol. The van der Waals surface area contributed by atoms with E-state index in [4.69, 9.17) is 0 Å². The van der Waals surface area contributed by atoms with Crippen molar-refractivity contribution in [3.8, 4) is 17.1 Å². The second-order valence-electron chi connectivity index (χ2n) is 7.51. The Labute approximate surface area is 172 Å². The number of rotatable bonds is 3. The Morgan fingerprint density at radius 2 is 1.87 bits per heavy atom. The van der Waals surface area contributed by atoms with Crippen LogP contribution >= 0.6 is 0 Å². The lowest BCUT2D eigenvalue weighted by molar-refractivity contribution is 0.311. The fraction of sp³-hybridized carbons (Fsp3) is 0.368. The number of hydrogen-bond acceptors (Lipinski definition) is 8. The molecule has 0 amide bonds. The molecule has 1 aliphatic rings. The Hall–Kier alpha value is -3.60. The van der Waals surface area contributed by atoms with Crippen LogP contribution in [-0.4, -0.2) is 77.7 Å². The highest BCUT2D eigenvalue weighted by atomic mass is 16.1. The standard InChI is InChI=1S/C19H22N10O/c1-12-14(11-20-19(21-12)27-8-6-26(3)7-9-27)15-10-18(30)29(24-15)17-5-4-16-23-22-13(2)28(16)25-17/h4-5,10-11,24H,6-9H2,1-3H3. The Kier molecular flexibility index (Phi) is 4.31. The van der Waals surface area contributed by atoms with Crippen LogP contribution in [0, 0.1) is 13.8 Å². The predicted molar refractivity (Wildman–Crippen MR) is 111 cm³/mol. The van der Waals surface area contributed by atoms with E-state index in [0.717, 1.165) is 43.4 Å². The van der Waals surface area contributed by atoms with Gasteiger partial charge in [-0.2, -0.15) is 9.20 Å². The van der Waals surface area contributed by atoms with Gasteiger partial charge in [0.15, 0.2) is 17.3 Å². The Morgan fingerprint density at radius 3 is 2.63 bits per heavy atom. The van der Waals surface area contributed by atoms with Crippen LogP contribution in [0.1, 0.15) is 11.5 Å². The maximum atomic E-state index is 12.6. The lowest BCUT2D eigenvalue weighted by Crippen LogP contribution is -2.45. The highest BCUT2D eigenvalue weighted by Gasteiger charge is 2.18. The molecule has 5 rings (SSSR count). The van der Waals surface area contributed by atoms with E-state index in [0.29, 0.717) is 23.0 Å². The van der Waals surface area contributed by atoms with E-state index >= 15 is 0 Å². The lowest BCUT2D eigenvalue weighted by Gasteiger charge is -2.32. The third kappa shape index (κ3) is 3.12. The molecule has 4 aromatic rings. The number of anilines is 1. The molecule has 0 aliphatic carbocycles. The summed E-state index contributed by atoms with van der Waals surface area (Å²) in [5, 5.41) is 15.6. The lowest BCUT2D eigenvalue weighted by atomic mass is 10.2. The van der Waals surface area contributed by atoms with Crippen LogP contribution in [0.3, 0.4) is 0 Å². The number of piperazine rings is 1. The van der Waals surface area contributed by atoms with Gasteiger partial charge in [-0.1, -0.05) is 0 Å². The van der Waals surface area contributed by atoms with Gasteiger partial charge in [0.2, 0.25) is 5.95 Å². The number of fused-ring (bicyclic) bond motifs is 1. The summed E-state index contributed by atoms with van der Waals surface area (Å²) in [6, 6.07) is 5.03. The van der Waals surface area contributed by atoms with E-state index in [-0.39, 0.29) is 5.56 Å². The molecule has 0 bridgehead atoms. The minimum Gasteiger partial charge on any atom is -0.338 e. The zero-order chi connectivity index (χ0) is 20.8. The van der Waals surface area contributed by atoms with Crippen LogP contribution in [0.5, 0.6) is 0 Å². The molecule has 11 heteroatoms. The number of nitrogens with one attached hydrogen (secondary N) is 1. The molecule has 4 aromatic heterocycles. The molecule has 154 valence electrons. The molecule has 1 saturated heterocycles. The maximum absolute atomic E-state index is 12.6. The fourth-order valence-electron chi connectivity index (χ4n) is 3.59. The Bertz CT molecular complexity index is 1280. The summed E-state index contributed by atoms with van der Waals surface area (Å²) >= 11 is 0. The van der Waals surface area contributed by atoms with Gasteiger partial charge in [0.1, 0.15) is 0 Å². The number of likely N-dealkylation sites (N-methyl/N-ethyl adjacent to an activating group) is 1. The molecular weight excluding hydrogens is 384 g/mol. The van der Waals surface area contributed by atoms with Gasteiger partial charge < -0.3 is 9.80 Å². The molecule has 1 N–H and O–H groups in total. The number of aromatic amines is 1. The molecule has 0 aromatic carbocycles. The van der Waals surface area contributed by atoms with Crippen LogP contribution in [-0.2, 0) is 0 Å². The zero-order valence-corrected chi connectivity index (χ0v) is 17.1. The Balaban J connectivity index is 1.48. The zero-order valence-electron chi connectivity index (χ0n) is 17.1. The van der Waals surface area contributed by atoms with Crippen molar-refractivity contribution in [3.63, 3.8) is 0 Å². The topological polar surface area (TPSA) is 113 Å². The average Bonchev–Trinajstić information content (AvgIpc) is 3.31. The number of aromatic nitrogens is 8. The third-order valence-electron chi connectivity index (χ3n) is 5.40. The van der Waals surface area contributed by atoms with Gasteiger partial charge in [0.25, 0.3) is 5.56 Å². The van der Waals surface area contributed by atoms with E-state index in [1.807, 2.05) is 13.8 Å². The molecule has 1 fully saturated rings. The summed E-state index contributed by atoms with van der Waals surface area (Å²) in [5.41, 5.74) is 2.64. The van der Waals surface area contributed by atoms with Crippen LogP contribution in [0.25, 0.3) is 22.7 Å². The molecule has 0 atom stereocenters. The molecule has 30 heavy (non-hydrogen) atoms. The van der Waals surface area contributed by atoms with Gasteiger partial charge in [0.05, 0.1) is 11.4 Å². The number of H-pyrrole nitrogens is 1. The van der Waals surface area contributed by atoms with Gasteiger partial charge in [-0.15, -0.1) is 15.3 Å². The van der Waals surface area contributed by atoms with Crippen LogP contribution < -0.4 is 10.5 Å². The van der Waals surface area contributed by atoms with Crippen LogP contribution in [0.2, 0.25) is 0 Å². The second-order valence-corrected chi connectivity index (χ2v) is 7.51. The van der Waals surface area contributed by atoms with E-state index in [1.165, 1.54) is 10.7 Å². The summed E-state index contributed by atoms with van der Waals surface area (Å²) in [5.74, 6) is 1.83. The minimum absolute atomic E-state index is 0.217. The van der Waals surface area contributed by atoms with E-state index < -0.39 is 0 Å². The predicted octanol–water partition coefficient (Wildman–Crippen LogP) is 0.429. The number of hydrogen-bond donors (Lipinski definition) is 1. The first-order valence-electron chi connectivity index (χ1n) is 9.78. The molecule has 5 heterocycles. The molecule has 0 unspecified atom stereocenters. The molecular formula is C19H22N10O. The normalized spacial score (nSPS) is 15.2. The summed E-state index contributed by atoms with van der Waals surface area (Å²) < 4.78 is 2.99. The van der Waals surface area contributed by atoms with Crippen LogP contribution in [0.4, 0.5) is 5.95 Å². The van der Waals surface area contributed by atoms with Crippen molar-refractivity contribution in [2.75, 3.05) is 38.1 Å².